The van der Waals surface area contributed by atoms with Crippen molar-refractivity contribution in [3.05, 3.63) is 0 Å². The predicted octanol–water partition coefficient (Wildman–Crippen LogP) is 1.45. The summed E-state index contributed by atoms with van der Waals surface area (Å²) >= 11 is 4.61. The molecule has 2 nitrogen and oxygen atoms in total. The maximum absolute atomic E-state index is 9.36. The van der Waals surface area contributed by atoms with E-state index in [2.05, 4.69) is 11.2 Å². The van der Waals surface area contributed by atoms with Gasteiger partial charge in [-0.1, -0.05) is 0 Å². The Morgan fingerprint density at radius 3 is 2.20 bits per heavy atom. The van der Waals surface area contributed by atoms with E-state index in [1.807, 2.05) is 0 Å². The van der Waals surface area contributed by atoms with Gasteiger partial charge >= 0.3 is 13.0 Å². The van der Waals surface area contributed by atoms with Crippen molar-refractivity contribution in [3.8, 4) is 5.81 Å². The molecule has 1 atom stereocenters. The van der Waals surface area contributed by atoms with Crippen molar-refractivity contribution in [1.82, 2.24) is 0 Å². The first kappa shape index (κ1) is 4.88. The minimum atomic E-state index is -2.07. The van der Waals surface area contributed by atoms with Crippen molar-refractivity contribution < 1.29 is 4.57 Å². The zero-order valence-electron chi connectivity index (χ0n) is 2.18. The summed E-state index contributed by atoms with van der Waals surface area (Å²) in [5.41, 5.74) is 0. The van der Waals surface area contributed by atoms with E-state index in [0.717, 1.165) is 0 Å². The molecule has 0 rings (SSSR count). The topological polar surface area (TPSA) is 40.9 Å². The van der Waals surface area contributed by atoms with E-state index in [1.165, 1.54) is 5.81 Å². The molecule has 0 fully saturated rings. The van der Waals surface area contributed by atoms with Gasteiger partial charge in [-0.25, -0.2) is 0 Å². The van der Waals surface area contributed by atoms with Gasteiger partial charge in [-0.05, 0) is 4.57 Å². The van der Waals surface area contributed by atoms with E-state index < -0.39 is 7.15 Å². The molecule has 0 N–H and O–H groups in total. The van der Waals surface area contributed by atoms with Gasteiger partial charge in [-0.2, -0.15) is 0 Å². The van der Waals surface area contributed by atoms with Gasteiger partial charge in [0.25, 0.3) is 0 Å². The third kappa shape index (κ3) is 3.88. The second-order valence-electron chi connectivity index (χ2n) is 0.345. The van der Waals surface area contributed by atoms with Crippen LogP contribution in [-0.4, -0.2) is 0 Å². The average Bonchev–Trinajstić information content (AvgIpc) is 1.38. The van der Waals surface area contributed by atoms with E-state index >= 15 is 0 Å². The van der Waals surface area contributed by atoms with Crippen molar-refractivity contribution in [2.24, 2.45) is 0 Å². The highest BCUT2D eigenvalue weighted by Gasteiger charge is 2.03. The number of hydrogen-bond acceptors (Lipinski definition) is 2. The third-order valence-corrected chi connectivity index (χ3v) is 0.463. The van der Waals surface area contributed by atoms with Crippen LogP contribution in [0.3, 0.4) is 0 Å². The van der Waals surface area contributed by atoms with Gasteiger partial charge in [0.15, 0.2) is 0 Å². The predicted molar refractivity (Wildman–Crippen MR) is 19.1 cm³/mol. The van der Waals surface area contributed by atoms with E-state index in [4.69, 9.17) is 5.26 Å². The van der Waals surface area contributed by atoms with Crippen molar-refractivity contribution in [3.63, 3.8) is 0 Å². The Morgan fingerprint density at radius 1 is 2.00 bits per heavy atom. The van der Waals surface area contributed by atoms with Crippen LogP contribution in [0.4, 0.5) is 0 Å². The summed E-state index contributed by atoms with van der Waals surface area (Å²) in [6.07, 6.45) is 0. The van der Waals surface area contributed by atoms with Gasteiger partial charge in [0.1, 0.15) is 0 Å². The third-order valence-electron chi connectivity index (χ3n) is 0.0786. The lowest BCUT2D eigenvalue weighted by Gasteiger charge is -1.26. The smallest absolute Gasteiger partial charge is 0.137 e. The monoisotopic (exact) mass is 108 g/mol. The molecular formula is CClNOP+. The molecule has 0 aliphatic rings. The highest BCUT2D eigenvalue weighted by Crippen LogP contribution is 2.22. The Hall–Kier alpha value is -0.120. The van der Waals surface area contributed by atoms with Crippen LogP contribution in [0.1, 0.15) is 0 Å². The minimum Gasteiger partial charge on any atom is -0.137 e. The molecule has 4 heteroatoms. The summed E-state index contributed by atoms with van der Waals surface area (Å²) in [5, 5.41) is 7.48. The maximum Gasteiger partial charge on any atom is 0.574 e. The number of nitrogens with zero attached hydrogens (tertiary/aromatic N) is 1. The van der Waals surface area contributed by atoms with Crippen molar-refractivity contribution >= 4 is 18.4 Å². The van der Waals surface area contributed by atoms with Crippen molar-refractivity contribution in [2.75, 3.05) is 0 Å². The summed E-state index contributed by atoms with van der Waals surface area (Å²) < 4.78 is 9.36. The Labute approximate surface area is 34.9 Å². The number of nitriles is 1. The van der Waals surface area contributed by atoms with Gasteiger partial charge < -0.3 is 0 Å². The molecule has 0 aromatic rings. The van der Waals surface area contributed by atoms with Crippen LogP contribution in [0.25, 0.3) is 0 Å². The average molecular weight is 108 g/mol. The first-order chi connectivity index (χ1) is 2.27. The van der Waals surface area contributed by atoms with E-state index in [9.17, 15) is 4.57 Å². The number of rotatable bonds is 0. The van der Waals surface area contributed by atoms with Crippen LogP contribution in [0.5, 0.6) is 0 Å². The van der Waals surface area contributed by atoms with Gasteiger partial charge in [-0.3, -0.25) is 0 Å². The summed E-state index contributed by atoms with van der Waals surface area (Å²) in [5.74, 6) is 1.30. The zero-order chi connectivity index (χ0) is 4.28. The summed E-state index contributed by atoms with van der Waals surface area (Å²) in [4.78, 5) is 0. The summed E-state index contributed by atoms with van der Waals surface area (Å²) in [7, 11) is -2.07. The van der Waals surface area contributed by atoms with Crippen LogP contribution in [0.15, 0.2) is 0 Å². The molecule has 0 amide bonds. The van der Waals surface area contributed by atoms with Gasteiger partial charge in [0.05, 0.1) is 0 Å². The van der Waals surface area contributed by atoms with Crippen LogP contribution in [0, 0.1) is 11.1 Å². The first-order valence-electron chi connectivity index (χ1n) is 0.799. The Morgan fingerprint density at radius 2 is 2.20 bits per heavy atom. The SMILES string of the molecule is N#C[P+](=O)Cl. The van der Waals surface area contributed by atoms with Crippen LogP contribution in [0.2, 0.25) is 0 Å². The molecule has 0 bridgehead atoms. The van der Waals surface area contributed by atoms with Gasteiger partial charge in [-0.15, -0.1) is 5.26 Å². The molecule has 0 heterocycles. The summed E-state index contributed by atoms with van der Waals surface area (Å²) in [6, 6.07) is 0. The fourth-order valence-electron chi connectivity index (χ4n) is 0. The Balaban J connectivity index is 3.35. The zero-order valence-corrected chi connectivity index (χ0v) is 3.83. The Bertz CT molecular complexity index is 84.1. The molecule has 0 radical (unpaired) electrons. The molecule has 0 aromatic heterocycles. The Kier molecular flexibility index (Phi) is 2.09. The standard InChI is InChI=1S/CClNOP/c2-5(4)1-3/q+1. The van der Waals surface area contributed by atoms with Crippen molar-refractivity contribution in [2.45, 2.75) is 0 Å². The van der Waals surface area contributed by atoms with Crippen LogP contribution >= 0.6 is 18.4 Å². The molecule has 0 saturated carbocycles. The fraction of sp³-hybridized carbons (Fsp3) is 0. The molecule has 0 aliphatic heterocycles. The normalized spacial score (nSPS) is 9.20. The lowest BCUT2D eigenvalue weighted by molar-refractivity contribution is 0.600. The molecular weight excluding hydrogens is 108 g/mol. The highest BCUT2D eigenvalue weighted by molar-refractivity contribution is 7.77. The fourth-order valence-corrected chi connectivity index (χ4v) is 0. The molecule has 26 valence electrons. The molecule has 5 heavy (non-hydrogen) atoms. The molecule has 0 spiro atoms. The van der Waals surface area contributed by atoms with Crippen LogP contribution in [-0.2, 0) is 4.57 Å². The quantitative estimate of drug-likeness (QED) is 0.441. The maximum atomic E-state index is 9.36. The molecule has 1 unspecified atom stereocenters. The largest absolute Gasteiger partial charge is 0.574 e. The van der Waals surface area contributed by atoms with Gasteiger partial charge in [0, 0.05) is 0 Å². The highest BCUT2D eigenvalue weighted by atomic mass is 35.7. The number of halogens is 1. The first-order valence-corrected chi connectivity index (χ1v) is 2.96. The molecule has 0 aliphatic carbocycles. The van der Waals surface area contributed by atoms with Gasteiger partial charge in [0.2, 0.25) is 11.2 Å². The lowest BCUT2D eigenvalue weighted by atomic mass is 11.8. The van der Waals surface area contributed by atoms with E-state index in [0.29, 0.717) is 0 Å². The molecule has 0 aromatic carbocycles. The lowest BCUT2D eigenvalue weighted by Crippen LogP contribution is -1.20. The van der Waals surface area contributed by atoms with E-state index in [1.54, 1.807) is 0 Å². The second-order valence-corrected chi connectivity index (χ2v) is 1.96. The van der Waals surface area contributed by atoms with Crippen LogP contribution < -0.4 is 0 Å². The second kappa shape index (κ2) is 2.14. The molecule has 0 saturated heterocycles. The number of hydrogen-bond donors (Lipinski definition) is 0. The van der Waals surface area contributed by atoms with Crippen molar-refractivity contribution in [1.29, 1.82) is 5.26 Å². The summed E-state index contributed by atoms with van der Waals surface area (Å²) in [6.45, 7) is 0. The van der Waals surface area contributed by atoms with E-state index in [-0.39, 0.29) is 0 Å². The minimum absolute atomic E-state index is 1.30.